The summed E-state index contributed by atoms with van der Waals surface area (Å²) in [5.41, 5.74) is 0.299. The van der Waals surface area contributed by atoms with E-state index in [4.69, 9.17) is 10.00 Å². The number of ether oxygens (including phenoxy) is 1. The maximum absolute atomic E-state index is 12.7. The number of benzene rings is 1. The first-order chi connectivity index (χ1) is 10.3. The fraction of sp³-hybridized carbons (Fsp3) is 0.267. The molecule has 0 aliphatic heterocycles. The van der Waals surface area contributed by atoms with Gasteiger partial charge in [-0.15, -0.1) is 10.2 Å². The van der Waals surface area contributed by atoms with Gasteiger partial charge in [-0.3, -0.25) is 0 Å². The van der Waals surface area contributed by atoms with E-state index in [0.29, 0.717) is 23.9 Å². The number of unbranched alkanes of at least 4 members (excludes halogenated alkanes) is 1. The highest BCUT2D eigenvalue weighted by atomic mass is 19.1. The zero-order valence-corrected chi connectivity index (χ0v) is 11.4. The number of hydrogen-bond donors (Lipinski definition) is 1. The average molecular weight is 286 g/mol. The Balaban J connectivity index is 1.59. The summed E-state index contributed by atoms with van der Waals surface area (Å²) in [5, 5.41) is 19.3. The van der Waals surface area contributed by atoms with Gasteiger partial charge in [-0.25, -0.2) is 4.39 Å². The Hall–Kier alpha value is -2.68. The number of rotatable bonds is 7. The summed E-state index contributed by atoms with van der Waals surface area (Å²) in [6.07, 6.45) is 1.77. The third-order valence-corrected chi connectivity index (χ3v) is 2.74. The Bertz CT molecular complexity index is 593. The lowest BCUT2D eigenvalue weighted by Crippen LogP contribution is -2.06. The van der Waals surface area contributed by atoms with Crippen molar-refractivity contribution < 1.29 is 9.13 Å². The number of nitrogens with one attached hydrogen (secondary N) is 1. The molecule has 0 spiro atoms. The van der Waals surface area contributed by atoms with Gasteiger partial charge in [0, 0.05) is 6.54 Å². The monoisotopic (exact) mass is 286 g/mol. The van der Waals surface area contributed by atoms with Crippen LogP contribution in [0.5, 0.6) is 5.75 Å². The highest BCUT2D eigenvalue weighted by Gasteiger charge is 1.97. The van der Waals surface area contributed by atoms with Crippen LogP contribution in [-0.4, -0.2) is 23.3 Å². The van der Waals surface area contributed by atoms with Crippen molar-refractivity contribution in [3.8, 4) is 11.8 Å². The smallest absolute Gasteiger partial charge is 0.163 e. The van der Waals surface area contributed by atoms with Crippen LogP contribution in [0, 0.1) is 17.1 Å². The molecule has 1 aromatic heterocycles. The molecule has 21 heavy (non-hydrogen) atoms. The third-order valence-electron chi connectivity index (χ3n) is 2.74. The minimum atomic E-state index is -0.268. The van der Waals surface area contributed by atoms with Crippen molar-refractivity contribution in [2.45, 2.75) is 12.8 Å². The summed E-state index contributed by atoms with van der Waals surface area (Å²) in [5.74, 6) is 1.05. The number of anilines is 1. The second-order valence-corrected chi connectivity index (χ2v) is 4.35. The molecule has 5 nitrogen and oxygen atoms in total. The molecule has 108 valence electrons. The first kappa shape index (κ1) is 14.7. The lowest BCUT2D eigenvalue weighted by Gasteiger charge is -2.07. The third kappa shape index (κ3) is 5.07. The Kier molecular flexibility index (Phi) is 5.47. The van der Waals surface area contributed by atoms with Gasteiger partial charge in [0.2, 0.25) is 0 Å². The molecule has 0 bridgehead atoms. The largest absolute Gasteiger partial charge is 0.494 e. The van der Waals surface area contributed by atoms with Crippen LogP contribution in [0.15, 0.2) is 36.4 Å². The van der Waals surface area contributed by atoms with Crippen LogP contribution in [0.2, 0.25) is 0 Å². The molecule has 1 N–H and O–H groups in total. The Morgan fingerprint density at radius 2 is 1.90 bits per heavy atom. The molecular formula is C15H15FN4O. The van der Waals surface area contributed by atoms with E-state index < -0.39 is 0 Å². The van der Waals surface area contributed by atoms with Crippen molar-refractivity contribution >= 4 is 5.82 Å². The van der Waals surface area contributed by atoms with E-state index in [2.05, 4.69) is 15.5 Å². The number of hydrogen-bond acceptors (Lipinski definition) is 5. The molecule has 0 aliphatic rings. The van der Waals surface area contributed by atoms with Crippen molar-refractivity contribution in [2.24, 2.45) is 0 Å². The lowest BCUT2D eigenvalue weighted by molar-refractivity contribution is 0.308. The summed E-state index contributed by atoms with van der Waals surface area (Å²) < 4.78 is 18.2. The predicted molar refractivity (Wildman–Crippen MR) is 76.4 cm³/mol. The molecule has 2 aromatic rings. The maximum Gasteiger partial charge on any atom is 0.163 e. The highest BCUT2D eigenvalue weighted by Crippen LogP contribution is 2.11. The van der Waals surface area contributed by atoms with E-state index in [-0.39, 0.29) is 5.82 Å². The van der Waals surface area contributed by atoms with Crippen LogP contribution in [0.3, 0.4) is 0 Å². The number of nitrogens with zero attached hydrogens (tertiary/aromatic N) is 3. The van der Waals surface area contributed by atoms with Crippen LogP contribution in [0.25, 0.3) is 0 Å². The molecule has 0 fully saturated rings. The van der Waals surface area contributed by atoms with Crippen LogP contribution in [0.4, 0.5) is 10.2 Å². The molecule has 0 aliphatic carbocycles. The minimum Gasteiger partial charge on any atom is -0.494 e. The summed E-state index contributed by atoms with van der Waals surface area (Å²) in [6, 6.07) is 11.2. The van der Waals surface area contributed by atoms with E-state index >= 15 is 0 Å². The lowest BCUT2D eigenvalue weighted by atomic mass is 10.3. The molecule has 1 aromatic carbocycles. The number of nitriles is 1. The van der Waals surface area contributed by atoms with E-state index in [1.165, 1.54) is 12.1 Å². The topological polar surface area (TPSA) is 70.8 Å². The molecule has 0 saturated heterocycles. The quantitative estimate of drug-likeness (QED) is 0.792. The van der Waals surface area contributed by atoms with Crippen LogP contribution in [-0.2, 0) is 0 Å². The maximum atomic E-state index is 12.7. The van der Waals surface area contributed by atoms with Gasteiger partial charge >= 0.3 is 0 Å². The fourth-order valence-electron chi connectivity index (χ4n) is 1.65. The van der Waals surface area contributed by atoms with Crippen molar-refractivity contribution in [3.63, 3.8) is 0 Å². The van der Waals surface area contributed by atoms with E-state index in [1.807, 2.05) is 6.07 Å². The highest BCUT2D eigenvalue weighted by molar-refractivity contribution is 5.34. The molecule has 6 heteroatoms. The van der Waals surface area contributed by atoms with Crippen LogP contribution < -0.4 is 10.1 Å². The summed E-state index contributed by atoms with van der Waals surface area (Å²) >= 11 is 0. The van der Waals surface area contributed by atoms with Gasteiger partial charge in [0.1, 0.15) is 23.5 Å². The van der Waals surface area contributed by atoms with Gasteiger partial charge in [0.25, 0.3) is 0 Å². The van der Waals surface area contributed by atoms with Gasteiger partial charge in [-0.1, -0.05) is 0 Å². The van der Waals surface area contributed by atoms with Gasteiger partial charge in [-0.05, 0) is 49.2 Å². The second kappa shape index (κ2) is 7.80. The van der Waals surface area contributed by atoms with Gasteiger partial charge in [0.15, 0.2) is 5.69 Å². The average Bonchev–Trinajstić information content (AvgIpc) is 2.53. The number of halogens is 1. The van der Waals surface area contributed by atoms with Gasteiger partial charge < -0.3 is 10.1 Å². The van der Waals surface area contributed by atoms with Crippen LogP contribution in [0.1, 0.15) is 18.5 Å². The van der Waals surface area contributed by atoms with E-state index in [1.54, 1.807) is 24.3 Å². The number of aromatic nitrogens is 2. The predicted octanol–water partition coefficient (Wildman–Crippen LogP) is 2.76. The molecule has 0 atom stereocenters. The summed E-state index contributed by atoms with van der Waals surface area (Å²) in [6.45, 7) is 1.32. The van der Waals surface area contributed by atoms with Crippen molar-refractivity contribution in [3.05, 3.63) is 47.9 Å². The molecule has 1 heterocycles. The normalized spacial score (nSPS) is 9.90. The van der Waals surface area contributed by atoms with Crippen molar-refractivity contribution in [2.75, 3.05) is 18.5 Å². The summed E-state index contributed by atoms with van der Waals surface area (Å²) in [7, 11) is 0. The minimum absolute atomic E-state index is 0.268. The first-order valence-electron chi connectivity index (χ1n) is 6.64. The molecule has 0 radical (unpaired) electrons. The van der Waals surface area contributed by atoms with Gasteiger partial charge in [0.05, 0.1) is 6.61 Å². The Labute approximate surface area is 122 Å². The molecule has 0 unspecified atom stereocenters. The standard InChI is InChI=1S/C15H15FN4O/c16-12-3-6-14(7-4-12)21-10-2-1-9-18-15-8-5-13(11-17)19-20-15/h3-8H,1-2,9-10H2,(H,18,20). The SMILES string of the molecule is N#Cc1ccc(NCCCCOc2ccc(F)cc2)nn1. The van der Waals surface area contributed by atoms with Crippen LogP contribution >= 0.6 is 0 Å². The Morgan fingerprint density at radius 1 is 1.10 bits per heavy atom. The van der Waals surface area contributed by atoms with Gasteiger partial charge in [-0.2, -0.15) is 5.26 Å². The second-order valence-electron chi connectivity index (χ2n) is 4.35. The fourth-order valence-corrected chi connectivity index (χ4v) is 1.65. The van der Waals surface area contributed by atoms with E-state index in [0.717, 1.165) is 19.4 Å². The summed E-state index contributed by atoms with van der Waals surface area (Å²) in [4.78, 5) is 0. The molecule has 0 saturated carbocycles. The molecule has 0 amide bonds. The molecular weight excluding hydrogens is 271 g/mol. The first-order valence-corrected chi connectivity index (χ1v) is 6.64. The zero-order valence-electron chi connectivity index (χ0n) is 11.4. The van der Waals surface area contributed by atoms with E-state index in [9.17, 15) is 4.39 Å². The van der Waals surface area contributed by atoms with Crippen molar-refractivity contribution in [1.29, 1.82) is 5.26 Å². The zero-order chi connectivity index (χ0) is 14.9. The molecule has 2 rings (SSSR count). The Morgan fingerprint density at radius 3 is 2.57 bits per heavy atom. The van der Waals surface area contributed by atoms with Crippen molar-refractivity contribution in [1.82, 2.24) is 10.2 Å².